The van der Waals surface area contributed by atoms with Crippen molar-refractivity contribution in [2.24, 2.45) is 0 Å². The number of nitrogens with zero attached hydrogens (tertiary/aromatic N) is 1. The van der Waals surface area contributed by atoms with E-state index in [9.17, 15) is 17.6 Å². The number of ether oxygens (including phenoxy) is 1. The summed E-state index contributed by atoms with van der Waals surface area (Å²) < 4.78 is 44.7. The van der Waals surface area contributed by atoms with Crippen molar-refractivity contribution in [3.63, 3.8) is 0 Å². The fraction of sp³-hybridized carbons (Fsp3) is 0.381. The van der Waals surface area contributed by atoms with Crippen molar-refractivity contribution >= 4 is 21.6 Å². The zero-order valence-corrected chi connectivity index (χ0v) is 17.7. The first-order chi connectivity index (χ1) is 13.7. The highest BCUT2D eigenvalue weighted by Crippen LogP contribution is 2.22. The highest BCUT2D eigenvalue weighted by atomic mass is 32.2. The minimum Gasteiger partial charge on any atom is -0.491 e. The Balaban J connectivity index is 1.88. The van der Waals surface area contributed by atoms with Crippen LogP contribution in [0.5, 0.6) is 5.75 Å². The van der Waals surface area contributed by atoms with Crippen LogP contribution in [-0.2, 0) is 21.4 Å². The van der Waals surface area contributed by atoms with Gasteiger partial charge in [-0.15, -0.1) is 0 Å². The third-order valence-corrected chi connectivity index (χ3v) is 5.23. The van der Waals surface area contributed by atoms with Gasteiger partial charge in [0.15, 0.2) is 0 Å². The Hall–Kier alpha value is -2.61. The Bertz CT molecular complexity index is 932. The van der Waals surface area contributed by atoms with Crippen molar-refractivity contribution in [1.82, 2.24) is 5.32 Å². The summed E-state index contributed by atoms with van der Waals surface area (Å²) in [5, 5.41) is 2.81. The summed E-state index contributed by atoms with van der Waals surface area (Å²) >= 11 is 0. The Kier molecular flexibility index (Phi) is 8.01. The lowest BCUT2D eigenvalue weighted by Gasteiger charge is -2.22. The molecule has 2 aromatic rings. The van der Waals surface area contributed by atoms with Crippen LogP contribution in [0.15, 0.2) is 48.5 Å². The number of hydrogen-bond acceptors (Lipinski definition) is 4. The number of carbonyl (C=O) groups is 1. The van der Waals surface area contributed by atoms with E-state index in [-0.39, 0.29) is 37.1 Å². The number of hydrogen-bond donors (Lipinski definition) is 1. The van der Waals surface area contributed by atoms with Gasteiger partial charge in [0.25, 0.3) is 0 Å². The monoisotopic (exact) mass is 422 g/mol. The fourth-order valence-electron chi connectivity index (χ4n) is 2.79. The van der Waals surface area contributed by atoms with E-state index in [2.05, 4.69) is 5.32 Å². The van der Waals surface area contributed by atoms with Crippen LogP contribution in [0.1, 0.15) is 32.3 Å². The molecule has 0 aliphatic rings. The van der Waals surface area contributed by atoms with Crippen LogP contribution in [-0.4, -0.2) is 33.2 Å². The van der Waals surface area contributed by atoms with Gasteiger partial charge in [-0.2, -0.15) is 0 Å². The minimum atomic E-state index is -3.66. The number of carbonyl (C=O) groups excluding carboxylic acids is 1. The number of nitrogens with one attached hydrogen (secondary N) is 1. The van der Waals surface area contributed by atoms with E-state index in [1.807, 2.05) is 38.1 Å². The van der Waals surface area contributed by atoms with E-state index < -0.39 is 15.8 Å². The molecule has 0 aliphatic carbocycles. The largest absolute Gasteiger partial charge is 0.491 e. The molecule has 0 unspecified atom stereocenters. The van der Waals surface area contributed by atoms with Gasteiger partial charge < -0.3 is 10.1 Å². The molecule has 0 atom stereocenters. The standard InChI is InChI=1S/C21H27FN2O4S/c1-16(2)28-18-9-6-8-17(14-18)15-23-21(25)12-7-13-24(29(3,26)27)20-11-5-4-10-19(20)22/h4-6,8-11,14,16H,7,12-13,15H2,1-3H3,(H,23,25). The number of para-hydroxylation sites is 1. The van der Waals surface area contributed by atoms with E-state index in [1.54, 1.807) is 6.07 Å². The van der Waals surface area contributed by atoms with Gasteiger partial charge in [-0.05, 0) is 50.1 Å². The van der Waals surface area contributed by atoms with Gasteiger partial charge in [0.2, 0.25) is 15.9 Å². The topological polar surface area (TPSA) is 75.7 Å². The highest BCUT2D eigenvalue weighted by molar-refractivity contribution is 7.92. The van der Waals surface area contributed by atoms with Crippen molar-refractivity contribution in [2.45, 2.75) is 39.3 Å². The zero-order valence-electron chi connectivity index (χ0n) is 16.9. The predicted octanol–water partition coefficient (Wildman–Crippen LogP) is 3.48. The molecule has 0 aromatic heterocycles. The van der Waals surface area contributed by atoms with Gasteiger partial charge in [-0.25, -0.2) is 12.8 Å². The average Bonchev–Trinajstić information content (AvgIpc) is 2.63. The Labute approximate surface area is 171 Å². The molecule has 29 heavy (non-hydrogen) atoms. The molecule has 0 heterocycles. The summed E-state index contributed by atoms with van der Waals surface area (Å²) in [7, 11) is -3.66. The van der Waals surface area contributed by atoms with Crippen LogP contribution in [0.3, 0.4) is 0 Å². The maximum absolute atomic E-state index is 14.0. The molecule has 158 valence electrons. The predicted molar refractivity (Wildman–Crippen MR) is 112 cm³/mol. The lowest BCUT2D eigenvalue weighted by atomic mass is 10.2. The van der Waals surface area contributed by atoms with Crippen molar-refractivity contribution in [3.05, 3.63) is 59.9 Å². The van der Waals surface area contributed by atoms with E-state index in [0.29, 0.717) is 6.54 Å². The van der Waals surface area contributed by atoms with Crippen molar-refractivity contribution in [3.8, 4) is 5.75 Å². The molecular formula is C21H27FN2O4S. The quantitative estimate of drug-likeness (QED) is 0.636. The van der Waals surface area contributed by atoms with E-state index in [1.165, 1.54) is 18.2 Å². The number of rotatable bonds is 10. The first-order valence-corrected chi connectivity index (χ1v) is 11.3. The van der Waals surface area contributed by atoms with Gasteiger partial charge in [-0.3, -0.25) is 9.10 Å². The summed E-state index contributed by atoms with van der Waals surface area (Å²) in [6.07, 6.45) is 1.48. The normalized spacial score (nSPS) is 11.3. The van der Waals surface area contributed by atoms with Crippen LogP contribution in [0.4, 0.5) is 10.1 Å². The smallest absolute Gasteiger partial charge is 0.232 e. The number of anilines is 1. The van der Waals surface area contributed by atoms with Gasteiger partial charge in [0, 0.05) is 19.5 Å². The molecule has 8 heteroatoms. The van der Waals surface area contributed by atoms with Crippen LogP contribution in [0.2, 0.25) is 0 Å². The van der Waals surface area contributed by atoms with Crippen molar-refractivity contribution < 1.29 is 22.3 Å². The summed E-state index contributed by atoms with van der Waals surface area (Å²) in [5.41, 5.74) is 0.887. The summed E-state index contributed by atoms with van der Waals surface area (Å²) in [5.74, 6) is -0.0894. The van der Waals surface area contributed by atoms with Gasteiger partial charge in [-0.1, -0.05) is 24.3 Å². The molecule has 0 saturated heterocycles. The first-order valence-electron chi connectivity index (χ1n) is 9.41. The maximum Gasteiger partial charge on any atom is 0.232 e. The van der Waals surface area contributed by atoms with Gasteiger partial charge in [0.05, 0.1) is 18.0 Å². The fourth-order valence-corrected chi connectivity index (χ4v) is 3.76. The second kappa shape index (κ2) is 10.2. The molecular weight excluding hydrogens is 395 g/mol. The molecule has 0 radical (unpaired) electrons. The Morgan fingerprint density at radius 1 is 1.17 bits per heavy atom. The number of halogens is 1. The molecule has 0 aliphatic heterocycles. The Morgan fingerprint density at radius 3 is 2.55 bits per heavy atom. The number of benzene rings is 2. The highest BCUT2D eigenvalue weighted by Gasteiger charge is 2.20. The third-order valence-electron chi connectivity index (χ3n) is 4.05. The van der Waals surface area contributed by atoms with Crippen LogP contribution < -0.4 is 14.4 Å². The number of amides is 1. The second-order valence-electron chi connectivity index (χ2n) is 6.98. The molecule has 0 bridgehead atoms. The molecule has 0 saturated carbocycles. The molecule has 2 rings (SSSR count). The lowest BCUT2D eigenvalue weighted by Crippen LogP contribution is -2.32. The van der Waals surface area contributed by atoms with Crippen LogP contribution >= 0.6 is 0 Å². The van der Waals surface area contributed by atoms with Crippen LogP contribution in [0, 0.1) is 5.82 Å². The van der Waals surface area contributed by atoms with E-state index in [0.717, 1.165) is 21.9 Å². The van der Waals surface area contributed by atoms with Crippen LogP contribution in [0.25, 0.3) is 0 Å². The molecule has 0 spiro atoms. The zero-order chi connectivity index (χ0) is 21.4. The molecule has 2 aromatic carbocycles. The minimum absolute atomic E-state index is 0.0163. The third kappa shape index (κ3) is 7.38. The maximum atomic E-state index is 14.0. The van der Waals surface area contributed by atoms with Gasteiger partial charge >= 0.3 is 0 Å². The first kappa shape index (κ1) is 22.7. The molecule has 6 nitrogen and oxygen atoms in total. The van der Waals surface area contributed by atoms with Gasteiger partial charge in [0.1, 0.15) is 11.6 Å². The Morgan fingerprint density at radius 2 is 1.90 bits per heavy atom. The van der Waals surface area contributed by atoms with Crippen molar-refractivity contribution in [1.29, 1.82) is 0 Å². The van der Waals surface area contributed by atoms with E-state index in [4.69, 9.17) is 4.74 Å². The molecule has 0 fully saturated rings. The second-order valence-corrected chi connectivity index (χ2v) is 8.89. The summed E-state index contributed by atoms with van der Waals surface area (Å²) in [6.45, 7) is 4.24. The average molecular weight is 423 g/mol. The lowest BCUT2D eigenvalue weighted by molar-refractivity contribution is -0.121. The molecule has 1 amide bonds. The SMILES string of the molecule is CC(C)Oc1cccc(CNC(=O)CCCN(c2ccccc2F)S(C)(=O)=O)c1. The summed E-state index contributed by atoms with van der Waals surface area (Å²) in [4.78, 5) is 12.1. The molecule has 1 N–H and O–H groups in total. The van der Waals surface area contributed by atoms with Crippen molar-refractivity contribution in [2.75, 3.05) is 17.1 Å². The summed E-state index contributed by atoms with van der Waals surface area (Å²) in [6, 6.07) is 13.1. The van der Waals surface area contributed by atoms with E-state index >= 15 is 0 Å². The number of sulfonamides is 1.